The second kappa shape index (κ2) is 6.67. The number of H-pyrrole nitrogens is 1. The molecule has 124 valence electrons. The number of aryl methyl sites for hydroxylation is 1. The minimum Gasteiger partial charge on any atom is -0.480 e. The summed E-state index contributed by atoms with van der Waals surface area (Å²) in [5, 5.41) is 13.8. The average molecular weight is 325 g/mol. The summed E-state index contributed by atoms with van der Waals surface area (Å²) < 4.78 is 1.73. The normalized spacial score (nSPS) is 12.5. The van der Waals surface area contributed by atoms with Gasteiger partial charge in [-0.1, -0.05) is 12.1 Å². The minimum absolute atomic E-state index is 0.422. The molecule has 0 fully saturated rings. The molecule has 3 aromatic rings. The van der Waals surface area contributed by atoms with Gasteiger partial charge in [0, 0.05) is 24.3 Å². The van der Waals surface area contributed by atoms with Crippen molar-refractivity contribution in [3.8, 4) is 5.69 Å². The van der Waals surface area contributed by atoms with Crippen LogP contribution in [0.1, 0.15) is 23.1 Å². The van der Waals surface area contributed by atoms with Gasteiger partial charge in [-0.25, -0.2) is 9.67 Å². The van der Waals surface area contributed by atoms with E-state index in [4.69, 9.17) is 0 Å². The van der Waals surface area contributed by atoms with Gasteiger partial charge in [-0.3, -0.25) is 9.69 Å². The molecule has 0 saturated heterocycles. The average Bonchev–Trinajstić information content (AvgIpc) is 3.20. The molecule has 1 aromatic carbocycles. The summed E-state index contributed by atoms with van der Waals surface area (Å²) in [5.74, 6) is -0.151. The Balaban J connectivity index is 1.81. The molecule has 0 aliphatic carbocycles. The van der Waals surface area contributed by atoms with Crippen molar-refractivity contribution >= 4 is 5.97 Å². The predicted molar refractivity (Wildman–Crippen MR) is 88.7 cm³/mol. The number of likely N-dealkylation sites (N-methyl/N-ethyl adjacent to an activating group) is 1. The predicted octanol–water partition coefficient (Wildman–Crippen LogP) is 2.16. The van der Waals surface area contributed by atoms with Crippen LogP contribution in [-0.2, 0) is 11.3 Å². The van der Waals surface area contributed by atoms with Crippen LogP contribution in [0.3, 0.4) is 0 Å². The lowest BCUT2D eigenvalue weighted by Gasteiger charge is -2.24. The fourth-order valence-electron chi connectivity index (χ4n) is 2.69. The van der Waals surface area contributed by atoms with Gasteiger partial charge in [0.15, 0.2) is 0 Å². The number of hydrogen-bond donors (Lipinski definition) is 2. The topological polar surface area (TPSA) is 87.0 Å². The van der Waals surface area contributed by atoms with Gasteiger partial charge in [0.1, 0.15) is 11.9 Å². The second-order valence-corrected chi connectivity index (χ2v) is 5.71. The first-order valence-electron chi connectivity index (χ1n) is 7.58. The Bertz CT molecular complexity index is 808. The number of rotatable bonds is 6. The molecule has 2 heterocycles. The Hall–Kier alpha value is -2.93. The van der Waals surface area contributed by atoms with E-state index in [1.165, 1.54) is 0 Å². The van der Waals surface area contributed by atoms with E-state index in [0.717, 1.165) is 17.2 Å². The number of carboxylic acid groups (broad SMARTS) is 1. The van der Waals surface area contributed by atoms with Gasteiger partial charge >= 0.3 is 5.97 Å². The van der Waals surface area contributed by atoms with Crippen LogP contribution in [0.25, 0.3) is 5.69 Å². The van der Waals surface area contributed by atoms with Crippen LogP contribution in [0, 0.1) is 6.92 Å². The molecule has 0 amide bonds. The number of carbonyl (C=O) groups is 1. The number of hydrogen-bond acceptors (Lipinski definition) is 4. The number of aliphatic carboxylic acids is 1. The first kappa shape index (κ1) is 15.9. The highest BCUT2D eigenvalue weighted by molar-refractivity contribution is 5.75. The van der Waals surface area contributed by atoms with Gasteiger partial charge in [-0.15, -0.1) is 0 Å². The molecule has 2 N–H and O–H groups in total. The van der Waals surface area contributed by atoms with Crippen molar-refractivity contribution in [2.24, 2.45) is 0 Å². The van der Waals surface area contributed by atoms with Crippen molar-refractivity contribution < 1.29 is 9.90 Å². The molecule has 24 heavy (non-hydrogen) atoms. The zero-order chi connectivity index (χ0) is 17.1. The number of imidazole rings is 1. The molecular formula is C17H19N5O2. The van der Waals surface area contributed by atoms with Gasteiger partial charge in [0.05, 0.1) is 12.2 Å². The molecule has 0 saturated carbocycles. The monoisotopic (exact) mass is 325 g/mol. The van der Waals surface area contributed by atoms with E-state index in [1.54, 1.807) is 29.0 Å². The van der Waals surface area contributed by atoms with E-state index < -0.39 is 12.0 Å². The summed E-state index contributed by atoms with van der Waals surface area (Å²) in [6.45, 7) is 2.34. The highest BCUT2D eigenvalue weighted by atomic mass is 16.4. The molecule has 0 bridgehead atoms. The Morgan fingerprint density at radius 2 is 2.12 bits per heavy atom. The van der Waals surface area contributed by atoms with Crippen LogP contribution >= 0.6 is 0 Å². The number of aromatic nitrogens is 4. The van der Waals surface area contributed by atoms with Gasteiger partial charge in [-0.2, -0.15) is 5.10 Å². The number of nitrogens with one attached hydrogen (secondary N) is 1. The quantitative estimate of drug-likeness (QED) is 0.725. The smallest absolute Gasteiger partial charge is 0.325 e. The minimum atomic E-state index is -0.896. The summed E-state index contributed by atoms with van der Waals surface area (Å²) in [6.07, 6.45) is 5.28. The van der Waals surface area contributed by atoms with Gasteiger partial charge in [-0.05, 0) is 37.7 Å². The summed E-state index contributed by atoms with van der Waals surface area (Å²) in [7, 11) is 1.78. The molecule has 7 nitrogen and oxygen atoms in total. The van der Waals surface area contributed by atoms with E-state index in [9.17, 15) is 9.90 Å². The third kappa shape index (κ3) is 3.36. The Kier molecular flexibility index (Phi) is 4.43. The zero-order valence-corrected chi connectivity index (χ0v) is 13.5. The van der Waals surface area contributed by atoms with Gasteiger partial charge in [0.2, 0.25) is 0 Å². The van der Waals surface area contributed by atoms with Crippen molar-refractivity contribution in [1.82, 2.24) is 24.6 Å². The lowest BCUT2D eigenvalue weighted by Crippen LogP contribution is -2.30. The Morgan fingerprint density at radius 3 is 2.67 bits per heavy atom. The molecule has 1 unspecified atom stereocenters. The Morgan fingerprint density at radius 1 is 1.38 bits per heavy atom. The number of aromatic amines is 1. The highest BCUT2D eigenvalue weighted by Crippen LogP contribution is 2.22. The first-order chi connectivity index (χ1) is 11.5. The number of benzene rings is 1. The highest BCUT2D eigenvalue weighted by Gasteiger charge is 2.25. The maximum absolute atomic E-state index is 11.8. The lowest BCUT2D eigenvalue weighted by molar-refractivity contribution is -0.143. The molecule has 0 spiro atoms. The van der Waals surface area contributed by atoms with Crippen molar-refractivity contribution in [3.05, 3.63) is 66.0 Å². The summed E-state index contributed by atoms with van der Waals surface area (Å²) in [5.41, 5.74) is 2.55. The molecule has 0 radical (unpaired) electrons. The van der Waals surface area contributed by atoms with Gasteiger partial charge < -0.3 is 10.1 Å². The third-order valence-electron chi connectivity index (χ3n) is 3.81. The fourth-order valence-corrected chi connectivity index (χ4v) is 2.69. The molecule has 7 heteroatoms. The van der Waals surface area contributed by atoms with E-state index in [2.05, 4.69) is 15.1 Å². The lowest BCUT2D eigenvalue weighted by atomic mass is 10.1. The van der Waals surface area contributed by atoms with Gasteiger partial charge in [0.25, 0.3) is 0 Å². The Labute approximate surface area is 139 Å². The van der Waals surface area contributed by atoms with Crippen molar-refractivity contribution in [2.75, 3.05) is 7.05 Å². The first-order valence-corrected chi connectivity index (χ1v) is 7.58. The fraction of sp³-hybridized carbons (Fsp3) is 0.235. The summed E-state index contributed by atoms with van der Waals surface area (Å²) in [6, 6.07) is 8.46. The molecule has 2 aromatic heterocycles. The van der Waals surface area contributed by atoms with Crippen LogP contribution in [0.15, 0.2) is 48.9 Å². The number of nitrogens with zero attached hydrogens (tertiary/aromatic N) is 4. The van der Waals surface area contributed by atoms with E-state index >= 15 is 0 Å². The standard InChI is InChI=1S/C17H19N5O2/c1-12-10-18-15(20-12)11-21(2)16(17(23)24)13-4-6-14(7-5-13)22-9-3-8-19-22/h3-10,16H,11H2,1-2H3,(H,18,20)(H,23,24). The van der Waals surface area contributed by atoms with Crippen LogP contribution in [-0.4, -0.2) is 42.8 Å². The van der Waals surface area contributed by atoms with Crippen molar-refractivity contribution in [2.45, 2.75) is 19.5 Å². The van der Waals surface area contributed by atoms with E-state index in [1.807, 2.05) is 43.5 Å². The van der Waals surface area contributed by atoms with Crippen LogP contribution in [0.5, 0.6) is 0 Å². The molecule has 0 aliphatic rings. The largest absolute Gasteiger partial charge is 0.480 e. The van der Waals surface area contributed by atoms with Crippen molar-refractivity contribution in [3.63, 3.8) is 0 Å². The molecule has 0 aliphatic heterocycles. The zero-order valence-electron chi connectivity index (χ0n) is 13.5. The van der Waals surface area contributed by atoms with Crippen LogP contribution in [0.2, 0.25) is 0 Å². The third-order valence-corrected chi connectivity index (χ3v) is 3.81. The van der Waals surface area contributed by atoms with E-state index in [0.29, 0.717) is 12.1 Å². The molecular weight excluding hydrogens is 306 g/mol. The maximum Gasteiger partial charge on any atom is 0.325 e. The summed E-state index contributed by atoms with van der Waals surface area (Å²) in [4.78, 5) is 20.9. The molecule has 3 rings (SSSR count). The van der Waals surface area contributed by atoms with E-state index in [-0.39, 0.29) is 0 Å². The van der Waals surface area contributed by atoms with Crippen molar-refractivity contribution in [1.29, 1.82) is 0 Å². The molecule has 1 atom stereocenters. The number of carboxylic acids is 1. The summed E-state index contributed by atoms with van der Waals surface area (Å²) >= 11 is 0. The second-order valence-electron chi connectivity index (χ2n) is 5.71. The van der Waals surface area contributed by atoms with Crippen LogP contribution in [0.4, 0.5) is 0 Å². The maximum atomic E-state index is 11.8. The SMILES string of the molecule is Cc1cnc(CN(C)C(C(=O)O)c2ccc(-n3cccn3)cc2)[nH]1. The van der Waals surface area contributed by atoms with Crippen LogP contribution < -0.4 is 0 Å².